The number of aryl methyl sites for hydroxylation is 3. The molecule has 1 unspecified atom stereocenters. The number of carbonyl (C=O) groups is 1. The Morgan fingerprint density at radius 1 is 1.09 bits per heavy atom. The van der Waals surface area contributed by atoms with Crippen molar-refractivity contribution in [1.29, 1.82) is 0 Å². The summed E-state index contributed by atoms with van der Waals surface area (Å²) in [5, 5.41) is 11.1. The van der Waals surface area contributed by atoms with Gasteiger partial charge in [0.2, 0.25) is 5.91 Å². The highest BCUT2D eigenvalue weighted by molar-refractivity contribution is 7.10. The van der Waals surface area contributed by atoms with Crippen molar-refractivity contribution in [2.75, 3.05) is 6.54 Å². The number of aromatic amines is 1. The number of amides is 1. The zero-order chi connectivity index (χ0) is 24.5. The first-order valence-corrected chi connectivity index (χ1v) is 12.5. The molecule has 0 bridgehead atoms. The Hall–Kier alpha value is -3.78. The quantitative estimate of drug-likeness (QED) is 0.343. The third-order valence-electron chi connectivity index (χ3n) is 6.33. The molecule has 178 valence electrons. The molecule has 0 radical (unpaired) electrons. The number of aromatic nitrogens is 5. The van der Waals surface area contributed by atoms with E-state index in [-0.39, 0.29) is 18.2 Å². The van der Waals surface area contributed by atoms with Gasteiger partial charge in [-0.15, -0.1) is 11.3 Å². The maximum Gasteiger partial charge on any atom is 0.251 e. The SMILES string of the molecule is Cc1cc(C)nc(-n2nc(C)c(CC(=O)NCC(c3cccs3)c3c[nH]c4ccccc34)c2C)n1. The molecule has 0 aliphatic heterocycles. The van der Waals surface area contributed by atoms with Crippen LogP contribution < -0.4 is 5.32 Å². The van der Waals surface area contributed by atoms with Crippen molar-refractivity contribution in [2.24, 2.45) is 0 Å². The average Bonchev–Trinajstić information content (AvgIpc) is 3.56. The summed E-state index contributed by atoms with van der Waals surface area (Å²) in [4.78, 5) is 26.7. The molecule has 1 atom stereocenters. The fraction of sp³-hybridized carbons (Fsp3) is 0.259. The first-order chi connectivity index (χ1) is 16.9. The Morgan fingerprint density at radius 2 is 1.86 bits per heavy atom. The lowest BCUT2D eigenvalue weighted by molar-refractivity contribution is -0.120. The minimum Gasteiger partial charge on any atom is -0.361 e. The lowest BCUT2D eigenvalue weighted by Gasteiger charge is -2.16. The number of fused-ring (bicyclic) bond motifs is 1. The summed E-state index contributed by atoms with van der Waals surface area (Å²) < 4.78 is 1.73. The molecule has 0 fully saturated rings. The first kappa shape index (κ1) is 23.0. The molecule has 2 N–H and O–H groups in total. The van der Waals surface area contributed by atoms with Crippen molar-refractivity contribution in [3.05, 3.63) is 92.8 Å². The molecule has 0 saturated carbocycles. The number of carbonyl (C=O) groups excluding carboxylic acids is 1. The van der Waals surface area contributed by atoms with E-state index >= 15 is 0 Å². The second kappa shape index (κ2) is 9.46. The number of nitrogens with zero attached hydrogens (tertiary/aromatic N) is 4. The van der Waals surface area contributed by atoms with Gasteiger partial charge in [0.25, 0.3) is 5.95 Å². The fourth-order valence-corrected chi connectivity index (χ4v) is 5.45. The molecule has 0 spiro atoms. The van der Waals surface area contributed by atoms with Gasteiger partial charge in [0.15, 0.2) is 0 Å². The molecule has 35 heavy (non-hydrogen) atoms. The number of nitrogens with one attached hydrogen (secondary N) is 2. The average molecular weight is 485 g/mol. The molecule has 5 aromatic rings. The number of benzene rings is 1. The highest BCUT2D eigenvalue weighted by Gasteiger charge is 2.22. The Bertz CT molecular complexity index is 1480. The van der Waals surface area contributed by atoms with Crippen LogP contribution in [0.2, 0.25) is 0 Å². The van der Waals surface area contributed by atoms with Gasteiger partial charge in [-0.25, -0.2) is 14.6 Å². The Labute approximate surface area is 208 Å². The highest BCUT2D eigenvalue weighted by atomic mass is 32.1. The van der Waals surface area contributed by atoms with E-state index in [1.165, 1.54) is 15.8 Å². The fourth-order valence-electron chi connectivity index (χ4n) is 4.60. The van der Waals surface area contributed by atoms with Crippen molar-refractivity contribution in [2.45, 2.75) is 40.0 Å². The second-order valence-electron chi connectivity index (χ2n) is 8.85. The van der Waals surface area contributed by atoms with E-state index in [1.54, 1.807) is 16.0 Å². The zero-order valence-electron chi connectivity index (χ0n) is 20.3. The minimum atomic E-state index is -0.0292. The highest BCUT2D eigenvalue weighted by Crippen LogP contribution is 2.32. The van der Waals surface area contributed by atoms with Crippen LogP contribution in [0.3, 0.4) is 0 Å². The van der Waals surface area contributed by atoms with Gasteiger partial charge in [0.05, 0.1) is 12.1 Å². The number of rotatable bonds is 7. The van der Waals surface area contributed by atoms with Crippen molar-refractivity contribution in [1.82, 2.24) is 30.0 Å². The Kier molecular flexibility index (Phi) is 6.21. The van der Waals surface area contributed by atoms with Gasteiger partial charge < -0.3 is 10.3 Å². The molecular weight excluding hydrogens is 456 g/mol. The van der Waals surface area contributed by atoms with Crippen LogP contribution in [0.1, 0.15) is 44.7 Å². The van der Waals surface area contributed by atoms with Crippen LogP contribution in [0.4, 0.5) is 0 Å². The van der Waals surface area contributed by atoms with Crippen LogP contribution in [0.15, 0.2) is 54.0 Å². The van der Waals surface area contributed by atoms with Gasteiger partial charge in [-0.3, -0.25) is 4.79 Å². The normalized spacial score (nSPS) is 12.2. The van der Waals surface area contributed by atoms with Gasteiger partial charge in [-0.2, -0.15) is 5.10 Å². The van der Waals surface area contributed by atoms with Crippen molar-refractivity contribution < 1.29 is 4.79 Å². The summed E-state index contributed by atoms with van der Waals surface area (Å²) in [7, 11) is 0. The standard InChI is InChI=1S/C27H28N6OS/c1-16-12-17(2)31-27(30-16)33-19(4)21(18(3)32-33)13-26(34)29-15-23(25-10-7-11-35-25)22-14-28-24-9-6-5-8-20(22)24/h5-12,14,23,28H,13,15H2,1-4H3,(H,29,34). The van der Waals surface area contributed by atoms with Crippen molar-refractivity contribution in [3.63, 3.8) is 0 Å². The van der Waals surface area contributed by atoms with Crippen LogP contribution in [-0.2, 0) is 11.2 Å². The maximum absolute atomic E-state index is 13.1. The van der Waals surface area contributed by atoms with E-state index in [9.17, 15) is 4.79 Å². The molecular formula is C27H28N6OS. The number of H-pyrrole nitrogens is 1. The lowest BCUT2D eigenvalue weighted by atomic mass is 9.96. The molecule has 4 aromatic heterocycles. The van der Waals surface area contributed by atoms with Crippen LogP contribution >= 0.6 is 11.3 Å². The van der Waals surface area contributed by atoms with E-state index in [4.69, 9.17) is 0 Å². The second-order valence-corrected chi connectivity index (χ2v) is 9.83. The smallest absolute Gasteiger partial charge is 0.251 e. The van der Waals surface area contributed by atoms with Crippen LogP contribution in [0.5, 0.6) is 0 Å². The third kappa shape index (κ3) is 4.61. The summed E-state index contributed by atoms with van der Waals surface area (Å²) in [5.74, 6) is 0.578. The lowest BCUT2D eigenvalue weighted by Crippen LogP contribution is -2.30. The van der Waals surface area contributed by atoms with E-state index in [0.29, 0.717) is 12.5 Å². The minimum absolute atomic E-state index is 0.0292. The van der Waals surface area contributed by atoms with Gasteiger partial charge in [-0.1, -0.05) is 24.3 Å². The van der Waals surface area contributed by atoms with E-state index in [1.807, 2.05) is 45.9 Å². The summed E-state index contributed by atoms with van der Waals surface area (Å²) in [6.07, 6.45) is 2.32. The Morgan fingerprint density at radius 3 is 2.60 bits per heavy atom. The first-order valence-electron chi connectivity index (χ1n) is 11.6. The molecule has 8 heteroatoms. The summed E-state index contributed by atoms with van der Waals surface area (Å²) in [6, 6.07) is 14.4. The molecule has 1 aromatic carbocycles. The summed E-state index contributed by atoms with van der Waals surface area (Å²) >= 11 is 1.71. The molecule has 0 aliphatic carbocycles. The topological polar surface area (TPSA) is 88.5 Å². The summed E-state index contributed by atoms with van der Waals surface area (Å²) in [5.41, 5.74) is 6.66. The van der Waals surface area contributed by atoms with Gasteiger partial charge in [-0.05, 0) is 56.8 Å². The largest absolute Gasteiger partial charge is 0.361 e. The molecule has 0 aliphatic rings. The molecule has 4 heterocycles. The zero-order valence-corrected chi connectivity index (χ0v) is 21.1. The number of para-hydroxylation sites is 1. The van der Waals surface area contributed by atoms with Crippen LogP contribution in [0.25, 0.3) is 16.9 Å². The van der Waals surface area contributed by atoms with E-state index < -0.39 is 0 Å². The van der Waals surface area contributed by atoms with Gasteiger partial charge in [0, 0.05) is 57.1 Å². The molecule has 0 saturated heterocycles. The third-order valence-corrected chi connectivity index (χ3v) is 7.31. The molecule has 1 amide bonds. The van der Waals surface area contributed by atoms with Gasteiger partial charge in [0.1, 0.15) is 0 Å². The number of hydrogen-bond acceptors (Lipinski definition) is 5. The van der Waals surface area contributed by atoms with E-state index in [0.717, 1.165) is 33.9 Å². The predicted molar refractivity (Wildman–Crippen MR) is 139 cm³/mol. The number of thiophene rings is 1. The number of hydrogen-bond donors (Lipinski definition) is 2. The summed E-state index contributed by atoms with van der Waals surface area (Å²) in [6.45, 7) is 8.29. The van der Waals surface area contributed by atoms with Gasteiger partial charge >= 0.3 is 0 Å². The van der Waals surface area contributed by atoms with E-state index in [2.05, 4.69) is 61.2 Å². The van der Waals surface area contributed by atoms with Crippen molar-refractivity contribution >= 4 is 28.1 Å². The van der Waals surface area contributed by atoms with Crippen molar-refractivity contribution in [3.8, 4) is 5.95 Å². The van der Waals surface area contributed by atoms with Crippen LogP contribution in [-0.4, -0.2) is 37.2 Å². The molecule has 5 rings (SSSR count). The van der Waals surface area contributed by atoms with Crippen LogP contribution in [0, 0.1) is 27.7 Å². The monoisotopic (exact) mass is 484 g/mol. The molecule has 7 nitrogen and oxygen atoms in total. The Balaban J connectivity index is 1.36. The maximum atomic E-state index is 13.1. The predicted octanol–water partition coefficient (Wildman–Crippen LogP) is 4.93.